The van der Waals surface area contributed by atoms with Crippen LogP contribution in [-0.4, -0.2) is 6.54 Å². The third-order valence-electron chi connectivity index (χ3n) is 11.3. The Bertz CT molecular complexity index is 2790. The zero-order chi connectivity index (χ0) is 43.3. The van der Waals surface area contributed by atoms with Crippen LogP contribution in [0.5, 0.6) is 0 Å². The Morgan fingerprint density at radius 1 is 0.312 bits per heavy atom. The van der Waals surface area contributed by atoms with Crippen molar-refractivity contribution in [2.45, 2.75) is 6.92 Å². The van der Waals surface area contributed by atoms with Crippen LogP contribution >= 0.6 is 0 Å². The van der Waals surface area contributed by atoms with Gasteiger partial charge in [0.05, 0.1) is 0 Å². The van der Waals surface area contributed by atoms with Crippen LogP contribution in [0.1, 0.15) is 6.92 Å². The summed E-state index contributed by atoms with van der Waals surface area (Å²) in [5.74, 6) is 0. The van der Waals surface area contributed by atoms with Gasteiger partial charge in [-0.2, -0.15) is 0 Å². The molecule has 4 heteroatoms. The molecule has 0 radical (unpaired) electrons. The molecule has 0 aliphatic carbocycles. The topological polar surface area (TPSA) is 13.0 Å². The van der Waals surface area contributed by atoms with E-state index in [1.54, 1.807) is 0 Å². The SMILES string of the molecule is C/C=C(\C=C/CN(c1ccccc1)c1ccc(-c2ccc(N(c3ccccc3)c3ccc(N(c4ccccc4)c4ccccc4)cc3)cc2)cc1)N(c1ccccc1)c1ccccc1. The average molecular weight is 827 g/mol. The highest BCUT2D eigenvalue weighted by Crippen LogP contribution is 2.40. The molecule has 0 unspecified atom stereocenters. The molecule has 0 aliphatic heterocycles. The Labute approximate surface area is 378 Å². The van der Waals surface area contributed by atoms with Crippen LogP contribution in [0.15, 0.2) is 279 Å². The molecular weight excluding hydrogens is 777 g/mol. The maximum atomic E-state index is 2.36. The zero-order valence-electron chi connectivity index (χ0n) is 36.0. The molecular formula is C60H50N4. The van der Waals surface area contributed by atoms with Crippen LogP contribution in [0, 0.1) is 0 Å². The highest BCUT2D eigenvalue weighted by molar-refractivity contribution is 5.82. The van der Waals surface area contributed by atoms with Gasteiger partial charge in [0, 0.05) is 69.1 Å². The number of benzene rings is 9. The normalized spacial score (nSPS) is 11.3. The van der Waals surface area contributed by atoms with Crippen LogP contribution < -0.4 is 19.6 Å². The second-order valence-corrected chi connectivity index (χ2v) is 15.4. The summed E-state index contributed by atoms with van der Waals surface area (Å²) in [6, 6.07) is 90.0. The van der Waals surface area contributed by atoms with Crippen molar-refractivity contribution in [3.05, 3.63) is 279 Å². The van der Waals surface area contributed by atoms with Crippen molar-refractivity contribution >= 4 is 56.9 Å². The standard InChI is InChI=1S/C60H50N4/c1-2-50(62(53-24-11-4-12-25-53)54-26-13-5-14-27-54)34-21-47-61(51-22-9-3-10-23-51)52-39-35-48(36-40-52)49-37-41-58(42-38-49)64(57-32-19-8-20-33-57)60-45-43-59(44-46-60)63(55-28-15-6-16-29-55)56-30-17-7-18-31-56/h2-46H,47H2,1H3/b34-21-,50-2+. The van der Waals surface area contributed by atoms with Gasteiger partial charge in [-0.3, -0.25) is 0 Å². The van der Waals surface area contributed by atoms with E-state index in [0.29, 0.717) is 6.54 Å². The van der Waals surface area contributed by atoms with Crippen molar-refractivity contribution in [1.29, 1.82) is 0 Å². The minimum atomic E-state index is 0.694. The van der Waals surface area contributed by atoms with E-state index in [2.05, 4.69) is 300 Å². The van der Waals surface area contributed by atoms with E-state index in [4.69, 9.17) is 0 Å². The Morgan fingerprint density at radius 2 is 0.578 bits per heavy atom. The fourth-order valence-corrected chi connectivity index (χ4v) is 8.16. The molecule has 9 rings (SSSR count). The van der Waals surface area contributed by atoms with Crippen molar-refractivity contribution in [1.82, 2.24) is 0 Å². The number of nitrogens with zero attached hydrogens (tertiary/aromatic N) is 4. The van der Waals surface area contributed by atoms with Gasteiger partial charge in [-0.05, 0) is 145 Å². The maximum Gasteiger partial charge on any atom is 0.0463 e. The van der Waals surface area contributed by atoms with Crippen molar-refractivity contribution in [2.75, 3.05) is 26.1 Å². The van der Waals surface area contributed by atoms with E-state index in [1.807, 2.05) is 0 Å². The van der Waals surface area contributed by atoms with Crippen molar-refractivity contribution in [3.8, 4) is 11.1 Å². The van der Waals surface area contributed by atoms with E-state index < -0.39 is 0 Å². The summed E-state index contributed by atoms with van der Waals surface area (Å²) in [6.45, 7) is 2.79. The van der Waals surface area contributed by atoms with Crippen molar-refractivity contribution in [2.24, 2.45) is 0 Å². The van der Waals surface area contributed by atoms with Gasteiger partial charge >= 0.3 is 0 Å². The van der Waals surface area contributed by atoms with Gasteiger partial charge in [-0.15, -0.1) is 0 Å². The second kappa shape index (κ2) is 20.0. The molecule has 0 atom stereocenters. The van der Waals surface area contributed by atoms with E-state index in [-0.39, 0.29) is 0 Å². The zero-order valence-corrected chi connectivity index (χ0v) is 36.0. The fraction of sp³-hybridized carbons (Fsp3) is 0.0333. The number of rotatable bonds is 15. The summed E-state index contributed by atoms with van der Waals surface area (Å²) < 4.78 is 0. The van der Waals surface area contributed by atoms with Gasteiger partial charge in [0.15, 0.2) is 0 Å². The molecule has 0 fully saturated rings. The first kappa shape index (κ1) is 41.0. The maximum absolute atomic E-state index is 2.36. The summed E-state index contributed by atoms with van der Waals surface area (Å²) >= 11 is 0. The van der Waals surface area contributed by atoms with Gasteiger partial charge in [0.2, 0.25) is 0 Å². The molecule has 0 aliphatic rings. The summed E-state index contributed by atoms with van der Waals surface area (Å²) in [5.41, 5.74) is 14.5. The minimum Gasteiger partial charge on any atom is -0.338 e. The van der Waals surface area contributed by atoms with E-state index in [1.165, 1.54) is 0 Å². The Hall–Kier alpha value is -8.34. The van der Waals surface area contributed by atoms with E-state index in [0.717, 1.165) is 73.7 Å². The Morgan fingerprint density at radius 3 is 0.922 bits per heavy atom. The Balaban J connectivity index is 0.965. The lowest BCUT2D eigenvalue weighted by Crippen LogP contribution is -2.18. The van der Waals surface area contributed by atoms with Crippen LogP contribution in [0.2, 0.25) is 0 Å². The van der Waals surface area contributed by atoms with Crippen molar-refractivity contribution < 1.29 is 0 Å². The second-order valence-electron chi connectivity index (χ2n) is 15.4. The molecule has 0 aromatic heterocycles. The molecule has 9 aromatic rings. The van der Waals surface area contributed by atoms with Gasteiger partial charge in [0.25, 0.3) is 0 Å². The first-order valence-corrected chi connectivity index (χ1v) is 21.9. The molecule has 0 saturated heterocycles. The van der Waals surface area contributed by atoms with E-state index >= 15 is 0 Å². The minimum absolute atomic E-state index is 0.694. The van der Waals surface area contributed by atoms with E-state index in [9.17, 15) is 0 Å². The van der Waals surface area contributed by atoms with Crippen LogP contribution in [0.3, 0.4) is 0 Å². The van der Waals surface area contributed by atoms with Gasteiger partial charge in [0.1, 0.15) is 0 Å². The third-order valence-corrected chi connectivity index (χ3v) is 11.3. The van der Waals surface area contributed by atoms with Crippen LogP contribution in [0.4, 0.5) is 56.9 Å². The quantitative estimate of drug-likeness (QED) is 0.0955. The first-order valence-electron chi connectivity index (χ1n) is 21.9. The molecule has 9 aromatic carbocycles. The largest absolute Gasteiger partial charge is 0.338 e. The summed E-state index contributed by atoms with van der Waals surface area (Å²) in [7, 11) is 0. The molecule has 64 heavy (non-hydrogen) atoms. The van der Waals surface area contributed by atoms with Gasteiger partial charge < -0.3 is 19.6 Å². The Kier molecular flexibility index (Phi) is 12.8. The predicted octanol–water partition coefficient (Wildman–Crippen LogP) is 16.7. The summed E-state index contributed by atoms with van der Waals surface area (Å²) in [6.07, 6.45) is 6.65. The van der Waals surface area contributed by atoms with Crippen LogP contribution in [0.25, 0.3) is 11.1 Å². The molecule has 4 nitrogen and oxygen atoms in total. The number of anilines is 10. The molecule has 310 valence electrons. The lowest BCUT2D eigenvalue weighted by Gasteiger charge is -2.28. The van der Waals surface area contributed by atoms with Gasteiger partial charge in [-0.1, -0.05) is 146 Å². The molecule has 0 N–H and O–H groups in total. The number of para-hydroxylation sites is 6. The number of hydrogen-bond acceptors (Lipinski definition) is 4. The van der Waals surface area contributed by atoms with Crippen LogP contribution in [-0.2, 0) is 0 Å². The van der Waals surface area contributed by atoms with Crippen molar-refractivity contribution in [3.63, 3.8) is 0 Å². The number of allylic oxidation sites excluding steroid dienone is 2. The third kappa shape index (κ3) is 9.42. The number of hydrogen-bond donors (Lipinski definition) is 0. The average Bonchev–Trinajstić information content (AvgIpc) is 3.38. The predicted molar refractivity (Wildman–Crippen MR) is 273 cm³/mol. The lowest BCUT2D eigenvalue weighted by atomic mass is 10.0. The highest BCUT2D eigenvalue weighted by Gasteiger charge is 2.17. The van der Waals surface area contributed by atoms with Gasteiger partial charge in [-0.25, -0.2) is 0 Å². The lowest BCUT2D eigenvalue weighted by molar-refractivity contribution is 1.09. The molecule has 0 bridgehead atoms. The monoisotopic (exact) mass is 826 g/mol. The fourth-order valence-electron chi connectivity index (χ4n) is 8.16. The molecule has 0 amide bonds. The molecule has 0 heterocycles. The molecule has 0 spiro atoms. The summed E-state index contributed by atoms with van der Waals surface area (Å²) in [5, 5.41) is 0. The highest BCUT2D eigenvalue weighted by atomic mass is 15.2. The summed E-state index contributed by atoms with van der Waals surface area (Å²) in [4.78, 5) is 9.26. The first-order chi connectivity index (χ1) is 31.7. The molecule has 0 saturated carbocycles. The smallest absolute Gasteiger partial charge is 0.0463 e.